The van der Waals surface area contributed by atoms with Crippen LogP contribution in [0.2, 0.25) is 0 Å². The van der Waals surface area contributed by atoms with Gasteiger partial charge in [0, 0.05) is 12.1 Å². The molecule has 6 nitrogen and oxygen atoms in total. The molecule has 2 amide bonds. The number of fused-ring (bicyclic) bond motifs is 1. The van der Waals surface area contributed by atoms with Crippen LogP contribution in [0.5, 0.6) is 0 Å². The Balaban J connectivity index is 1.85. The van der Waals surface area contributed by atoms with Gasteiger partial charge in [0.25, 0.3) is 5.91 Å². The van der Waals surface area contributed by atoms with Crippen LogP contribution in [0.15, 0.2) is 54.6 Å². The number of carbonyl (C=O) groups excluding carboxylic acids is 3. The minimum absolute atomic E-state index is 0.194. The maximum Gasteiger partial charge on any atom is 0.325 e. The minimum atomic E-state index is -0.814. The quantitative estimate of drug-likeness (QED) is 0.808. The standard InChI is InChI=1S/C20H20N2O4/c1-2-26-17(23)12-21-19(24)18(14-8-4-3-5-9-14)22-13-15-10-6-7-11-16(15)20(22)25/h3-11,18H,2,12-13H2,1H3,(H,21,24)/t18-/m1/s1. The molecule has 134 valence electrons. The van der Waals surface area contributed by atoms with Gasteiger partial charge in [-0.3, -0.25) is 14.4 Å². The summed E-state index contributed by atoms with van der Waals surface area (Å²) in [7, 11) is 0. The van der Waals surface area contributed by atoms with Gasteiger partial charge in [0.1, 0.15) is 12.6 Å². The van der Waals surface area contributed by atoms with Crippen molar-refractivity contribution >= 4 is 17.8 Å². The third kappa shape index (κ3) is 3.59. The van der Waals surface area contributed by atoms with Crippen molar-refractivity contribution in [3.63, 3.8) is 0 Å². The van der Waals surface area contributed by atoms with Crippen LogP contribution >= 0.6 is 0 Å². The lowest BCUT2D eigenvalue weighted by Crippen LogP contribution is -2.42. The molecule has 2 aromatic rings. The van der Waals surface area contributed by atoms with Crippen molar-refractivity contribution in [2.75, 3.05) is 13.2 Å². The van der Waals surface area contributed by atoms with Gasteiger partial charge < -0.3 is 15.0 Å². The zero-order chi connectivity index (χ0) is 18.5. The van der Waals surface area contributed by atoms with Crippen molar-refractivity contribution in [3.8, 4) is 0 Å². The fourth-order valence-electron chi connectivity index (χ4n) is 3.06. The average Bonchev–Trinajstić information content (AvgIpc) is 2.98. The third-order valence-corrected chi connectivity index (χ3v) is 4.24. The number of hydrogen-bond acceptors (Lipinski definition) is 4. The Kier molecular flexibility index (Phi) is 5.31. The summed E-state index contributed by atoms with van der Waals surface area (Å²) in [5, 5.41) is 2.58. The second-order valence-corrected chi connectivity index (χ2v) is 5.93. The Hall–Kier alpha value is -3.15. The first-order valence-electron chi connectivity index (χ1n) is 8.49. The number of hydrogen-bond donors (Lipinski definition) is 1. The molecule has 6 heteroatoms. The highest BCUT2D eigenvalue weighted by molar-refractivity contribution is 6.01. The molecule has 0 bridgehead atoms. The molecule has 1 N–H and O–H groups in total. The number of benzene rings is 2. The Morgan fingerprint density at radius 1 is 1.12 bits per heavy atom. The van der Waals surface area contributed by atoms with Gasteiger partial charge in [0.05, 0.1) is 6.61 Å². The molecule has 0 aromatic heterocycles. The number of rotatable bonds is 6. The molecule has 0 fully saturated rings. The Bertz CT molecular complexity index is 820. The minimum Gasteiger partial charge on any atom is -0.465 e. The van der Waals surface area contributed by atoms with Crippen LogP contribution in [0, 0.1) is 0 Å². The van der Waals surface area contributed by atoms with E-state index in [4.69, 9.17) is 4.74 Å². The van der Waals surface area contributed by atoms with Gasteiger partial charge in [-0.05, 0) is 24.1 Å². The highest BCUT2D eigenvalue weighted by atomic mass is 16.5. The molecule has 0 saturated carbocycles. The van der Waals surface area contributed by atoms with Crippen molar-refractivity contribution in [2.45, 2.75) is 19.5 Å². The normalized spacial score (nSPS) is 13.9. The molecule has 3 rings (SSSR count). The van der Waals surface area contributed by atoms with Crippen LogP contribution in [0.4, 0.5) is 0 Å². The molecule has 0 radical (unpaired) electrons. The molecule has 0 aliphatic carbocycles. The molecule has 1 aliphatic heterocycles. The van der Waals surface area contributed by atoms with Gasteiger partial charge in [-0.15, -0.1) is 0 Å². The van der Waals surface area contributed by atoms with Gasteiger partial charge in [0.2, 0.25) is 5.91 Å². The molecule has 0 spiro atoms. The number of esters is 1. The smallest absolute Gasteiger partial charge is 0.325 e. The number of nitrogens with zero attached hydrogens (tertiary/aromatic N) is 1. The van der Waals surface area contributed by atoms with E-state index < -0.39 is 17.9 Å². The van der Waals surface area contributed by atoms with E-state index in [1.807, 2.05) is 30.3 Å². The largest absolute Gasteiger partial charge is 0.465 e. The first-order valence-corrected chi connectivity index (χ1v) is 8.49. The Labute approximate surface area is 151 Å². The van der Waals surface area contributed by atoms with E-state index in [-0.39, 0.29) is 19.1 Å². The van der Waals surface area contributed by atoms with Crippen molar-refractivity contribution in [2.24, 2.45) is 0 Å². The molecular formula is C20H20N2O4. The lowest BCUT2D eigenvalue weighted by atomic mass is 10.0. The number of carbonyl (C=O) groups is 3. The van der Waals surface area contributed by atoms with Crippen LogP contribution in [-0.2, 0) is 20.9 Å². The van der Waals surface area contributed by atoms with Crippen molar-refractivity contribution in [3.05, 3.63) is 71.3 Å². The molecule has 2 aromatic carbocycles. The highest BCUT2D eigenvalue weighted by Crippen LogP contribution is 2.31. The van der Waals surface area contributed by atoms with Crippen molar-refractivity contribution in [1.82, 2.24) is 10.2 Å². The monoisotopic (exact) mass is 352 g/mol. The fraction of sp³-hybridized carbons (Fsp3) is 0.250. The number of amides is 2. The van der Waals surface area contributed by atoms with Gasteiger partial charge in [-0.25, -0.2) is 0 Å². The second kappa shape index (κ2) is 7.82. The van der Waals surface area contributed by atoms with E-state index in [1.165, 1.54) is 4.90 Å². The Morgan fingerprint density at radius 2 is 1.81 bits per heavy atom. The molecule has 0 unspecified atom stereocenters. The van der Waals surface area contributed by atoms with E-state index in [0.717, 1.165) is 5.56 Å². The van der Waals surface area contributed by atoms with Crippen molar-refractivity contribution in [1.29, 1.82) is 0 Å². The van der Waals surface area contributed by atoms with E-state index in [0.29, 0.717) is 17.7 Å². The van der Waals surface area contributed by atoms with Crippen LogP contribution < -0.4 is 5.32 Å². The lowest BCUT2D eigenvalue weighted by Gasteiger charge is -2.27. The first kappa shape index (κ1) is 17.7. The van der Waals surface area contributed by atoms with Gasteiger partial charge in [-0.1, -0.05) is 48.5 Å². The zero-order valence-corrected chi connectivity index (χ0v) is 14.5. The predicted molar refractivity (Wildman–Crippen MR) is 95.1 cm³/mol. The van der Waals surface area contributed by atoms with Crippen LogP contribution in [0.25, 0.3) is 0 Å². The highest BCUT2D eigenvalue weighted by Gasteiger charge is 2.37. The summed E-state index contributed by atoms with van der Waals surface area (Å²) >= 11 is 0. The second-order valence-electron chi connectivity index (χ2n) is 5.93. The van der Waals surface area contributed by atoms with Gasteiger partial charge in [-0.2, -0.15) is 0 Å². The van der Waals surface area contributed by atoms with Crippen LogP contribution in [0.3, 0.4) is 0 Å². The van der Waals surface area contributed by atoms with Crippen molar-refractivity contribution < 1.29 is 19.1 Å². The summed E-state index contributed by atoms with van der Waals surface area (Å²) < 4.78 is 4.84. The zero-order valence-electron chi connectivity index (χ0n) is 14.5. The van der Waals surface area contributed by atoms with Crippen LogP contribution in [0.1, 0.15) is 34.5 Å². The van der Waals surface area contributed by atoms with E-state index in [9.17, 15) is 14.4 Å². The summed E-state index contributed by atoms with van der Waals surface area (Å²) in [6.07, 6.45) is 0. The van der Waals surface area contributed by atoms with Gasteiger partial charge in [0.15, 0.2) is 0 Å². The first-order chi connectivity index (χ1) is 12.6. The van der Waals surface area contributed by atoms with E-state index in [2.05, 4.69) is 5.32 Å². The summed E-state index contributed by atoms with van der Waals surface area (Å²) in [4.78, 5) is 38.7. The molecule has 26 heavy (non-hydrogen) atoms. The van der Waals surface area contributed by atoms with Gasteiger partial charge >= 0.3 is 5.97 Å². The van der Waals surface area contributed by atoms with Crippen LogP contribution in [-0.4, -0.2) is 35.8 Å². The molecule has 0 saturated heterocycles. The Morgan fingerprint density at radius 3 is 2.50 bits per heavy atom. The summed E-state index contributed by atoms with van der Waals surface area (Å²) in [6.45, 7) is 2.07. The SMILES string of the molecule is CCOC(=O)CNC(=O)[C@@H](c1ccccc1)N1Cc2ccccc2C1=O. The van der Waals surface area contributed by atoms with E-state index in [1.54, 1.807) is 31.2 Å². The summed E-state index contributed by atoms with van der Waals surface area (Å²) in [6, 6.07) is 15.6. The maximum atomic E-state index is 12.8. The number of ether oxygens (including phenoxy) is 1. The summed E-state index contributed by atoms with van der Waals surface area (Å²) in [5.41, 5.74) is 2.18. The molecule has 1 aliphatic rings. The number of nitrogens with one attached hydrogen (secondary N) is 1. The molecule has 1 heterocycles. The molecule has 1 atom stereocenters. The van der Waals surface area contributed by atoms with E-state index >= 15 is 0 Å². The fourth-order valence-corrected chi connectivity index (χ4v) is 3.06. The topological polar surface area (TPSA) is 75.7 Å². The maximum absolute atomic E-state index is 12.8. The third-order valence-electron chi connectivity index (χ3n) is 4.24. The summed E-state index contributed by atoms with van der Waals surface area (Å²) in [5.74, 6) is -1.12. The average molecular weight is 352 g/mol. The molecular weight excluding hydrogens is 332 g/mol. The predicted octanol–water partition coefficient (Wildman–Crippen LogP) is 2.06. The lowest BCUT2D eigenvalue weighted by molar-refractivity contribution is -0.143.